The molecule has 4 heteroatoms. The molecule has 0 bridgehead atoms. The first kappa shape index (κ1) is 14.6. The molecule has 22 heavy (non-hydrogen) atoms. The van der Waals surface area contributed by atoms with Gasteiger partial charge in [0.15, 0.2) is 0 Å². The monoisotopic (exact) mass is 299 g/mol. The molecule has 3 rings (SSSR count). The molecule has 1 heterocycles. The van der Waals surface area contributed by atoms with Crippen molar-refractivity contribution in [3.8, 4) is 11.3 Å². The molecule has 1 aromatic heterocycles. The van der Waals surface area contributed by atoms with E-state index >= 15 is 0 Å². The SMILES string of the molecule is [CH]Cc1cc2ccccc2c(-c2ccc(C(F)(F)F)cc2)n1. The Labute approximate surface area is 126 Å². The van der Waals surface area contributed by atoms with Crippen LogP contribution in [-0.4, -0.2) is 4.98 Å². The summed E-state index contributed by atoms with van der Waals surface area (Å²) in [5.41, 5.74) is 1.32. The maximum Gasteiger partial charge on any atom is 0.416 e. The van der Waals surface area contributed by atoms with Crippen molar-refractivity contribution in [3.63, 3.8) is 0 Å². The van der Waals surface area contributed by atoms with Crippen molar-refractivity contribution in [2.75, 3.05) is 0 Å². The number of benzene rings is 2. The van der Waals surface area contributed by atoms with E-state index in [1.807, 2.05) is 30.3 Å². The van der Waals surface area contributed by atoms with Crippen LogP contribution >= 0.6 is 0 Å². The number of hydrogen-bond acceptors (Lipinski definition) is 1. The van der Waals surface area contributed by atoms with Gasteiger partial charge in [0, 0.05) is 16.6 Å². The lowest BCUT2D eigenvalue weighted by atomic mass is 10.0. The molecule has 110 valence electrons. The van der Waals surface area contributed by atoms with Gasteiger partial charge in [-0.05, 0) is 36.9 Å². The fourth-order valence-corrected chi connectivity index (χ4v) is 2.40. The van der Waals surface area contributed by atoms with Crippen molar-refractivity contribution in [3.05, 3.63) is 72.8 Å². The predicted octanol–water partition coefficient (Wildman–Crippen LogP) is 5.17. The fraction of sp³-hybridized carbons (Fsp3) is 0.111. The Kier molecular flexibility index (Phi) is 3.61. The molecule has 0 saturated carbocycles. The molecule has 0 fully saturated rings. The molecular weight excluding hydrogens is 287 g/mol. The van der Waals surface area contributed by atoms with E-state index in [1.54, 1.807) is 0 Å². The van der Waals surface area contributed by atoms with Crippen molar-refractivity contribution in [2.24, 2.45) is 0 Å². The van der Waals surface area contributed by atoms with Gasteiger partial charge in [0.1, 0.15) is 0 Å². The van der Waals surface area contributed by atoms with Crippen LogP contribution in [0.4, 0.5) is 13.2 Å². The summed E-state index contributed by atoms with van der Waals surface area (Å²) in [4.78, 5) is 4.48. The van der Waals surface area contributed by atoms with Crippen LogP contribution in [0, 0.1) is 6.92 Å². The Balaban J connectivity index is 2.17. The number of alkyl halides is 3. The summed E-state index contributed by atoms with van der Waals surface area (Å²) in [7, 11) is 0. The molecule has 0 amide bonds. The number of aromatic nitrogens is 1. The van der Waals surface area contributed by atoms with E-state index in [-0.39, 0.29) is 6.42 Å². The third-order valence-electron chi connectivity index (χ3n) is 3.49. The first-order chi connectivity index (χ1) is 10.5. The third-order valence-corrected chi connectivity index (χ3v) is 3.49. The van der Waals surface area contributed by atoms with Crippen LogP contribution in [0.1, 0.15) is 11.3 Å². The van der Waals surface area contributed by atoms with Gasteiger partial charge in [0.05, 0.1) is 11.3 Å². The summed E-state index contributed by atoms with van der Waals surface area (Å²) in [6.07, 6.45) is -4.06. The average Bonchev–Trinajstić information content (AvgIpc) is 2.53. The summed E-state index contributed by atoms with van der Waals surface area (Å²) < 4.78 is 38.0. The molecule has 0 spiro atoms. The van der Waals surface area contributed by atoms with Gasteiger partial charge in [-0.15, -0.1) is 0 Å². The van der Waals surface area contributed by atoms with Gasteiger partial charge in [0.25, 0.3) is 0 Å². The Morgan fingerprint density at radius 1 is 0.955 bits per heavy atom. The van der Waals surface area contributed by atoms with Gasteiger partial charge in [-0.1, -0.05) is 36.4 Å². The zero-order valence-electron chi connectivity index (χ0n) is 11.6. The van der Waals surface area contributed by atoms with E-state index in [4.69, 9.17) is 6.92 Å². The van der Waals surface area contributed by atoms with E-state index in [1.165, 1.54) is 12.1 Å². The summed E-state index contributed by atoms with van der Waals surface area (Å²) in [5.74, 6) is 0. The van der Waals surface area contributed by atoms with Crippen LogP contribution in [0.5, 0.6) is 0 Å². The number of nitrogens with zero attached hydrogens (tertiary/aromatic N) is 1. The Hall–Kier alpha value is -2.36. The van der Waals surface area contributed by atoms with Crippen LogP contribution in [0.15, 0.2) is 54.6 Å². The predicted molar refractivity (Wildman–Crippen MR) is 80.2 cm³/mol. The highest BCUT2D eigenvalue weighted by atomic mass is 19.4. The molecular formula is C18H12F3N. The van der Waals surface area contributed by atoms with E-state index in [0.717, 1.165) is 22.9 Å². The quantitative estimate of drug-likeness (QED) is 0.636. The van der Waals surface area contributed by atoms with Crippen LogP contribution in [-0.2, 0) is 12.6 Å². The van der Waals surface area contributed by atoms with Gasteiger partial charge in [-0.3, -0.25) is 4.98 Å². The maximum atomic E-state index is 12.7. The Bertz CT molecular complexity index is 805. The van der Waals surface area contributed by atoms with Crippen molar-refractivity contribution < 1.29 is 13.2 Å². The molecule has 3 aromatic rings. The van der Waals surface area contributed by atoms with Crippen molar-refractivity contribution >= 4 is 10.8 Å². The molecule has 0 aliphatic rings. The number of rotatable bonds is 2. The molecule has 2 radical (unpaired) electrons. The molecule has 0 aliphatic heterocycles. The van der Waals surface area contributed by atoms with Gasteiger partial charge in [-0.25, -0.2) is 0 Å². The molecule has 0 saturated heterocycles. The molecule has 0 N–H and O–H groups in total. The standard InChI is InChI=1S/C18H12F3N/c1-2-15-11-13-5-3-4-6-16(13)17(22-15)12-7-9-14(10-8-12)18(19,20)21/h1,3-11H,2H2. The minimum atomic E-state index is -4.34. The Morgan fingerprint density at radius 2 is 1.64 bits per heavy atom. The fourth-order valence-electron chi connectivity index (χ4n) is 2.40. The van der Waals surface area contributed by atoms with Gasteiger partial charge in [0.2, 0.25) is 0 Å². The minimum Gasteiger partial charge on any atom is -0.252 e. The first-order valence-electron chi connectivity index (χ1n) is 6.75. The molecule has 1 nitrogen and oxygen atoms in total. The lowest BCUT2D eigenvalue weighted by Gasteiger charge is -2.11. The third kappa shape index (κ3) is 2.69. The number of halogens is 3. The number of pyridine rings is 1. The zero-order valence-corrected chi connectivity index (χ0v) is 11.6. The first-order valence-corrected chi connectivity index (χ1v) is 6.75. The summed E-state index contributed by atoms with van der Waals surface area (Å²) in [6, 6.07) is 14.5. The van der Waals surface area contributed by atoms with Crippen LogP contribution in [0.3, 0.4) is 0 Å². The molecule has 0 unspecified atom stereocenters. The highest BCUT2D eigenvalue weighted by molar-refractivity contribution is 5.94. The molecule has 2 aromatic carbocycles. The second-order valence-corrected chi connectivity index (χ2v) is 4.96. The lowest BCUT2D eigenvalue weighted by molar-refractivity contribution is -0.137. The van der Waals surface area contributed by atoms with Crippen LogP contribution < -0.4 is 0 Å². The largest absolute Gasteiger partial charge is 0.416 e. The second-order valence-electron chi connectivity index (χ2n) is 4.96. The summed E-state index contributed by atoms with van der Waals surface area (Å²) in [6.45, 7) is 5.66. The van der Waals surface area contributed by atoms with Gasteiger partial charge < -0.3 is 0 Å². The Morgan fingerprint density at radius 3 is 2.27 bits per heavy atom. The highest BCUT2D eigenvalue weighted by Gasteiger charge is 2.30. The number of fused-ring (bicyclic) bond motifs is 1. The summed E-state index contributed by atoms with van der Waals surface area (Å²) in [5, 5.41) is 1.85. The summed E-state index contributed by atoms with van der Waals surface area (Å²) >= 11 is 0. The minimum absolute atomic E-state index is 0.276. The van der Waals surface area contributed by atoms with E-state index in [0.29, 0.717) is 17.0 Å². The normalized spacial score (nSPS) is 11.8. The number of hydrogen-bond donors (Lipinski definition) is 0. The molecule has 0 atom stereocenters. The van der Waals surface area contributed by atoms with Crippen LogP contribution in [0.2, 0.25) is 0 Å². The smallest absolute Gasteiger partial charge is 0.252 e. The van der Waals surface area contributed by atoms with E-state index < -0.39 is 11.7 Å². The van der Waals surface area contributed by atoms with Gasteiger partial charge >= 0.3 is 6.18 Å². The second kappa shape index (κ2) is 5.44. The zero-order chi connectivity index (χ0) is 15.7. The van der Waals surface area contributed by atoms with Crippen molar-refractivity contribution in [1.29, 1.82) is 0 Å². The van der Waals surface area contributed by atoms with Crippen LogP contribution in [0.25, 0.3) is 22.0 Å². The maximum absolute atomic E-state index is 12.7. The van der Waals surface area contributed by atoms with E-state index in [9.17, 15) is 13.2 Å². The van der Waals surface area contributed by atoms with Crippen molar-refractivity contribution in [1.82, 2.24) is 4.98 Å². The van der Waals surface area contributed by atoms with E-state index in [2.05, 4.69) is 4.98 Å². The highest BCUT2D eigenvalue weighted by Crippen LogP contribution is 2.32. The lowest BCUT2D eigenvalue weighted by Crippen LogP contribution is -2.04. The topological polar surface area (TPSA) is 12.9 Å². The van der Waals surface area contributed by atoms with Gasteiger partial charge in [-0.2, -0.15) is 13.2 Å². The van der Waals surface area contributed by atoms with Crippen molar-refractivity contribution in [2.45, 2.75) is 12.6 Å². The average molecular weight is 299 g/mol. The molecule has 0 aliphatic carbocycles.